The van der Waals surface area contributed by atoms with Gasteiger partial charge in [-0.1, -0.05) is 94.9 Å². The molecule has 0 aromatic carbocycles. The Morgan fingerprint density at radius 3 is 1.40 bits per heavy atom. The van der Waals surface area contributed by atoms with Crippen LogP contribution in [0, 0.1) is 5.92 Å². The Morgan fingerprint density at radius 2 is 1.00 bits per heavy atom. The van der Waals surface area contributed by atoms with Crippen LogP contribution >= 0.6 is 0 Å². The van der Waals surface area contributed by atoms with Crippen LogP contribution in [0.25, 0.3) is 0 Å². The summed E-state index contributed by atoms with van der Waals surface area (Å²) in [5.41, 5.74) is 1.04. The largest absolute Gasteiger partial charge is 0.410 e. The van der Waals surface area contributed by atoms with Crippen molar-refractivity contribution in [3.05, 3.63) is 111 Å². The smallest absolute Gasteiger partial charge is 0.269 e. The van der Waals surface area contributed by atoms with Gasteiger partial charge in [-0.3, -0.25) is 48.2 Å². The van der Waals surface area contributed by atoms with Gasteiger partial charge in [0.1, 0.15) is 0 Å². The van der Waals surface area contributed by atoms with E-state index in [1.54, 1.807) is 59.5 Å². The zero-order valence-corrected chi connectivity index (χ0v) is 49.0. The summed E-state index contributed by atoms with van der Waals surface area (Å²) in [6.07, 6.45) is 32.8. The third-order valence-corrected chi connectivity index (χ3v) is 15.1. The predicted molar refractivity (Wildman–Crippen MR) is 298 cm³/mol. The molecule has 0 saturated heterocycles. The number of carbonyl (C=O) groups is 5. The second-order valence-electron chi connectivity index (χ2n) is 17.5. The lowest BCUT2D eigenvalue weighted by Crippen LogP contribution is -2.43. The third kappa shape index (κ3) is 44.9. The molecule has 0 aliphatic rings. The highest BCUT2D eigenvalue weighted by molar-refractivity contribution is 6.74. The van der Waals surface area contributed by atoms with Crippen LogP contribution in [0.4, 0.5) is 0 Å². The standard InChI is InChI=1S/C15H29NO3Si.C11H21NO2.2C10H17NO2.C9H15NO2/c1-9-13(19-20(7,8)15(2,3)4)11-10-12-14(17)16(5)18-6;1-4-5-6-7-8-9-10-11(13)12(2)14-3;1-5-9(2)7-6-8-10(12)11(3)13-4;1-5-6-7-9(2)8-10(12)11(3)13-4;1-4-5-6-7-8-9(11)10(2)12-3/h9-10,12-13H,1,11H2,2-8H3;5-6H,4,7-10H2,1-3H3;5-6,8-9H,1,7H2,2-4H3;5,8H,1,6-7H2,2-4H3;4,7-8H,1,5-6H2,2-3H3/b12-10+;6-5-;8-6+;9-8+;8-7+/t13-;;;;/m1..../s1. The van der Waals surface area contributed by atoms with Gasteiger partial charge in [-0.25, -0.2) is 25.3 Å². The van der Waals surface area contributed by atoms with Gasteiger partial charge in [-0.15, -0.1) is 26.3 Å². The fraction of sp³-hybridized carbons (Fsp3) is 0.582. The van der Waals surface area contributed by atoms with E-state index in [-0.39, 0.29) is 40.7 Å². The number of carbonyl (C=O) groups excluding carboxylic acids is 5. The molecule has 2 atom stereocenters. The average Bonchev–Trinajstić information content (AvgIpc) is 3.36. The number of hydrogen-bond acceptors (Lipinski definition) is 11. The summed E-state index contributed by atoms with van der Waals surface area (Å²) >= 11 is 0. The van der Waals surface area contributed by atoms with Gasteiger partial charge in [0, 0.05) is 66.0 Å². The van der Waals surface area contributed by atoms with E-state index >= 15 is 0 Å². The van der Waals surface area contributed by atoms with Crippen molar-refractivity contribution in [3.8, 4) is 0 Å². The van der Waals surface area contributed by atoms with Gasteiger partial charge in [0.2, 0.25) is 5.91 Å². The van der Waals surface area contributed by atoms with Gasteiger partial charge < -0.3 is 4.43 Å². The molecule has 0 heterocycles. The van der Waals surface area contributed by atoms with Crippen molar-refractivity contribution in [3.63, 3.8) is 0 Å². The first kappa shape index (κ1) is 75.9. The van der Waals surface area contributed by atoms with Crippen LogP contribution in [0.15, 0.2) is 111 Å². The summed E-state index contributed by atoms with van der Waals surface area (Å²) < 4.78 is 6.23. The van der Waals surface area contributed by atoms with E-state index in [0.717, 1.165) is 63.4 Å². The summed E-state index contributed by atoms with van der Waals surface area (Å²) in [4.78, 5) is 79.9. The molecule has 0 aliphatic carbocycles. The quantitative estimate of drug-likeness (QED) is 0.0231. The van der Waals surface area contributed by atoms with Crippen molar-refractivity contribution in [1.82, 2.24) is 25.3 Å². The number of amides is 5. The van der Waals surface area contributed by atoms with Crippen molar-refractivity contribution in [2.75, 3.05) is 70.8 Å². The molecular formula is C55H99N5O11Si. The fourth-order valence-electron chi connectivity index (χ4n) is 4.39. The highest BCUT2D eigenvalue weighted by Gasteiger charge is 2.38. The van der Waals surface area contributed by atoms with E-state index in [9.17, 15) is 24.0 Å². The molecule has 5 amide bonds. The van der Waals surface area contributed by atoms with Crippen molar-refractivity contribution in [2.45, 2.75) is 136 Å². The second-order valence-corrected chi connectivity index (χ2v) is 22.3. The number of nitrogens with zero attached hydrogens (tertiary/aromatic N) is 5. The maximum atomic E-state index is 11.5. The SMILES string of the molecule is C=CC(C)C/C=C/C(=O)N(C)OC.C=CCC/C(C)=C/C(=O)N(C)OC.C=CCC/C=C/C(=O)N(C)OC.C=C[C@H](C/C=C/C(=O)N(C)OC)O[Si](C)(C)C(C)(C)C.CC/C=C\CCCCC(=O)N(C)OC. The minimum Gasteiger partial charge on any atom is -0.410 e. The van der Waals surface area contributed by atoms with E-state index in [2.05, 4.69) is 84.1 Å². The summed E-state index contributed by atoms with van der Waals surface area (Å²) in [7, 11) is 13.4. The van der Waals surface area contributed by atoms with Crippen molar-refractivity contribution >= 4 is 37.9 Å². The van der Waals surface area contributed by atoms with Gasteiger partial charge in [-0.2, -0.15) is 0 Å². The average molecular weight is 1030 g/mol. The van der Waals surface area contributed by atoms with Crippen molar-refractivity contribution < 1.29 is 52.6 Å². The van der Waals surface area contributed by atoms with E-state index in [1.165, 1.54) is 79.1 Å². The summed E-state index contributed by atoms with van der Waals surface area (Å²) in [5.74, 6) is -0.184. The van der Waals surface area contributed by atoms with Gasteiger partial charge in [0.05, 0.1) is 41.7 Å². The molecule has 0 aromatic heterocycles. The van der Waals surface area contributed by atoms with E-state index in [1.807, 2.05) is 38.2 Å². The van der Waals surface area contributed by atoms with E-state index in [0.29, 0.717) is 18.8 Å². The minimum atomic E-state index is -1.82. The summed E-state index contributed by atoms with van der Waals surface area (Å²) in [6.45, 7) is 31.8. The lowest BCUT2D eigenvalue weighted by Gasteiger charge is -2.38. The highest BCUT2D eigenvalue weighted by atomic mass is 28.4. The molecule has 0 N–H and O–H groups in total. The van der Waals surface area contributed by atoms with Crippen LogP contribution in [0.3, 0.4) is 0 Å². The first-order valence-corrected chi connectivity index (χ1v) is 27.2. The maximum Gasteiger partial charge on any atom is 0.269 e. The first-order chi connectivity index (χ1) is 33.7. The second kappa shape index (κ2) is 48.3. The molecule has 0 rings (SSSR count). The van der Waals surface area contributed by atoms with E-state index < -0.39 is 8.32 Å². The van der Waals surface area contributed by atoms with Crippen LogP contribution in [-0.4, -0.2) is 140 Å². The maximum absolute atomic E-state index is 11.5. The number of rotatable bonds is 29. The Hall–Kier alpha value is -5.01. The monoisotopic (exact) mass is 1030 g/mol. The topological polar surface area (TPSA) is 157 Å². The zero-order chi connectivity index (χ0) is 56.7. The first-order valence-electron chi connectivity index (χ1n) is 24.3. The Kier molecular flexibility index (Phi) is 50.9. The van der Waals surface area contributed by atoms with Crippen molar-refractivity contribution in [2.24, 2.45) is 5.92 Å². The number of unbranched alkanes of at least 4 members (excludes halogenated alkanes) is 3. The summed E-state index contributed by atoms with van der Waals surface area (Å²) in [6, 6.07) is 0. The van der Waals surface area contributed by atoms with Crippen LogP contribution in [-0.2, 0) is 52.6 Å². The number of likely N-dealkylation sites (N-methyl/N-ethyl adjacent to an activating group) is 4. The number of hydroxylamine groups is 10. The molecule has 0 aromatic rings. The van der Waals surface area contributed by atoms with Gasteiger partial charge in [0.15, 0.2) is 8.32 Å². The Morgan fingerprint density at radius 1 is 0.556 bits per heavy atom. The zero-order valence-electron chi connectivity index (χ0n) is 48.0. The van der Waals surface area contributed by atoms with Gasteiger partial charge in [0.25, 0.3) is 23.6 Å². The van der Waals surface area contributed by atoms with Crippen LogP contribution < -0.4 is 0 Å². The third-order valence-electron chi connectivity index (χ3n) is 10.6. The summed E-state index contributed by atoms with van der Waals surface area (Å²) in [5, 5.41) is 6.15. The lowest BCUT2D eigenvalue weighted by atomic mass is 10.1. The fourth-order valence-corrected chi connectivity index (χ4v) is 5.69. The molecule has 0 aliphatic heterocycles. The van der Waals surface area contributed by atoms with Crippen LogP contribution in [0.1, 0.15) is 112 Å². The van der Waals surface area contributed by atoms with Gasteiger partial charge in [-0.05, 0) is 95.2 Å². The molecule has 0 saturated carbocycles. The highest BCUT2D eigenvalue weighted by Crippen LogP contribution is 2.37. The molecule has 414 valence electrons. The minimum absolute atomic E-state index is 0.0481. The molecule has 1 unspecified atom stereocenters. The number of hydrogen-bond donors (Lipinski definition) is 0. The molecule has 0 fully saturated rings. The van der Waals surface area contributed by atoms with Crippen LogP contribution in [0.5, 0.6) is 0 Å². The number of allylic oxidation sites excluding steroid dienone is 8. The molecule has 0 bridgehead atoms. The lowest BCUT2D eigenvalue weighted by molar-refractivity contribution is -0.168. The Labute approximate surface area is 438 Å². The Balaban J connectivity index is -0.000000263. The molecule has 17 heteroatoms. The molecule has 0 spiro atoms. The van der Waals surface area contributed by atoms with Crippen LogP contribution in [0.2, 0.25) is 18.1 Å². The normalized spacial score (nSPS) is 12.1. The van der Waals surface area contributed by atoms with E-state index in [4.69, 9.17) is 23.8 Å². The molecular weight excluding hydrogens is 935 g/mol. The molecule has 72 heavy (non-hydrogen) atoms. The van der Waals surface area contributed by atoms with Crippen molar-refractivity contribution in [1.29, 1.82) is 0 Å². The Bertz CT molecular complexity index is 1670. The van der Waals surface area contributed by atoms with Gasteiger partial charge >= 0.3 is 0 Å². The predicted octanol–water partition coefficient (Wildman–Crippen LogP) is 11.3. The molecule has 16 nitrogen and oxygen atoms in total. The molecule has 0 radical (unpaired) electrons.